The van der Waals surface area contributed by atoms with Crippen molar-refractivity contribution in [2.45, 2.75) is 6.54 Å². The van der Waals surface area contributed by atoms with Crippen molar-refractivity contribution < 1.29 is 9.47 Å². The summed E-state index contributed by atoms with van der Waals surface area (Å²) in [5, 5.41) is 20.8. The number of ether oxygens (including phenoxy) is 2. The summed E-state index contributed by atoms with van der Waals surface area (Å²) < 4.78 is 10.7. The van der Waals surface area contributed by atoms with Crippen molar-refractivity contribution in [1.82, 2.24) is 35.5 Å². The molecule has 0 spiro atoms. The Morgan fingerprint density at radius 3 is 2.75 bits per heavy atom. The molecule has 0 saturated carbocycles. The normalized spacial score (nSPS) is 15.0. The molecule has 1 aliphatic heterocycles. The highest BCUT2D eigenvalue weighted by molar-refractivity contribution is 5.97. The molecule has 0 atom stereocenters. The molecule has 1 saturated heterocycles. The van der Waals surface area contributed by atoms with E-state index >= 15 is 0 Å². The molecule has 3 aromatic heterocycles. The fraction of sp³-hybridized carbons (Fsp3) is 0.261. The Kier molecular flexibility index (Phi) is 4.62. The molecule has 32 heavy (non-hydrogen) atoms. The molecule has 3 N–H and O–H groups in total. The zero-order chi connectivity index (χ0) is 21.5. The smallest absolute Gasteiger partial charge is 0.261 e. The predicted octanol–water partition coefficient (Wildman–Crippen LogP) is 3.34. The van der Waals surface area contributed by atoms with Gasteiger partial charge in [-0.25, -0.2) is 0 Å². The van der Waals surface area contributed by atoms with Crippen LogP contribution in [0.4, 0.5) is 0 Å². The van der Waals surface area contributed by atoms with Crippen LogP contribution >= 0.6 is 0 Å². The Hall–Kier alpha value is -3.69. The quantitative estimate of drug-likeness (QED) is 0.396. The minimum atomic E-state index is 0.465. The first-order valence-corrected chi connectivity index (χ1v) is 10.6. The Morgan fingerprint density at radius 2 is 1.88 bits per heavy atom. The summed E-state index contributed by atoms with van der Waals surface area (Å²) in [5.41, 5.74) is 6.79. The van der Waals surface area contributed by atoms with E-state index in [2.05, 4.69) is 59.8 Å². The highest BCUT2D eigenvalue weighted by atomic mass is 16.5. The van der Waals surface area contributed by atoms with Gasteiger partial charge in [0.1, 0.15) is 5.69 Å². The summed E-state index contributed by atoms with van der Waals surface area (Å²) in [5.74, 6) is 0.465. The van der Waals surface area contributed by atoms with Crippen LogP contribution in [0.3, 0.4) is 0 Å². The van der Waals surface area contributed by atoms with E-state index in [4.69, 9.17) is 9.47 Å². The van der Waals surface area contributed by atoms with Crippen LogP contribution in [0.1, 0.15) is 5.56 Å². The van der Waals surface area contributed by atoms with Crippen molar-refractivity contribution >= 4 is 21.8 Å². The molecule has 162 valence electrons. The van der Waals surface area contributed by atoms with Crippen LogP contribution in [0.15, 0.2) is 42.5 Å². The van der Waals surface area contributed by atoms with Crippen molar-refractivity contribution in [3.05, 3.63) is 48.0 Å². The topological polar surface area (TPSA) is 108 Å². The van der Waals surface area contributed by atoms with E-state index in [1.54, 1.807) is 7.11 Å². The summed E-state index contributed by atoms with van der Waals surface area (Å²) in [6.07, 6.45) is 0. The maximum absolute atomic E-state index is 5.46. The number of nitrogens with zero attached hydrogens (tertiary/aromatic N) is 4. The lowest BCUT2D eigenvalue weighted by molar-refractivity contribution is 0.0342. The third-order valence-electron chi connectivity index (χ3n) is 6.00. The second-order valence-electron chi connectivity index (χ2n) is 8.01. The van der Waals surface area contributed by atoms with Crippen LogP contribution in [0.25, 0.3) is 44.5 Å². The van der Waals surface area contributed by atoms with Gasteiger partial charge < -0.3 is 14.5 Å². The summed E-state index contributed by atoms with van der Waals surface area (Å²) in [6.45, 7) is 4.54. The summed E-state index contributed by atoms with van der Waals surface area (Å²) in [6, 6.07) is 14.8. The fourth-order valence-corrected chi connectivity index (χ4v) is 4.35. The van der Waals surface area contributed by atoms with Crippen LogP contribution in [-0.2, 0) is 11.3 Å². The monoisotopic (exact) mass is 429 g/mol. The molecule has 5 aromatic rings. The van der Waals surface area contributed by atoms with Gasteiger partial charge in [-0.05, 0) is 35.9 Å². The van der Waals surface area contributed by atoms with Crippen molar-refractivity contribution in [2.75, 3.05) is 33.4 Å². The highest BCUT2D eigenvalue weighted by Gasteiger charge is 2.16. The molecule has 0 amide bonds. The molecule has 9 nitrogen and oxygen atoms in total. The Morgan fingerprint density at radius 1 is 0.969 bits per heavy atom. The summed E-state index contributed by atoms with van der Waals surface area (Å²) >= 11 is 0. The van der Waals surface area contributed by atoms with Gasteiger partial charge in [0.05, 0.1) is 31.5 Å². The molecule has 4 heterocycles. The minimum absolute atomic E-state index is 0.465. The molecule has 0 aliphatic carbocycles. The number of hydrogen-bond donors (Lipinski definition) is 3. The largest absolute Gasteiger partial charge is 0.478 e. The van der Waals surface area contributed by atoms with Gasteiger partial charge in [0.2, 0.25) is 0 Å². The lowest BCUT2D eigenvalue weighted by Gasteiger charge is -2.26. The first-order valence-electron chi connectivity index (χ1n) is 10.6. The number of aromatic amines is 3. The van der Waals surface area contributed by atoms with Gasteiger partial charge in [0.15, 0.2) is 5.69 Å². The average Bonchev–Trinajstić information content (AvgIpc) is 3.56. The minimum Gasteiger partial charge on any atom is -0.478 e. The summed E-state index contributed by atoms with van der Waals surface area (Å²) in [7, 11) is 1.58. The number of nitrogens with one attached hydrogen (secondary N) is 3. The van der Waals surface area contributed by atoms with Crippen LogP contribution in [0, 0.1) is 0 Å². The third-order valence-corrected chi connectivity index (χ3v) is 6.00. The molecule has 1 fully saturated rings. The van der Waals surface area contributed by atoms with Crippen LogP contribution in [-0.4, -0.2) is 68.9 Å². The van der Waals surface area contributed by atoms with Crippen LogP contribution in [0.2, 0.25) is 0 Å². The number of benzene rings is 2. The number of fused-ring (bicyclic) bond motifs is 2. The maximum Gasteiger partial charge on any atom is 0.261 e. The second-order valence-corrected chi connectivity index (χ2v) is 8.01. The van der Waals surface area contributed by atoms with E-state index < -0.39 is 0 Å². The number of hydrogen-bond acceptors (Lipinski definition) is 6. The number of morpholine rings is 1. The maximum atomic E-state index is 5.46. The van der Waals surface area contributed by atoms with E-state index in [1.165, 1.54) is 10.9 Å². The van der Waals surface area contributed by atoms with Gasteiger partial charge in [-0.2, -0.15) is 15.4 Å². The predicted molar refractivity (Wildman–Crippen MR) is 121 cm³/mol. The zero-order valence-electron chi connectivity index (χ0n) is 17.7. The van der Waals surface area contributed by atoms with E-state index in [0.29, 0.717) is 11.6 Å². The summed E-state index contributed by atoms with van der Waals surface area (Å²) in [4.78, 5) is 5.95. The second kappa shape index (κ2) is 7.77. The zero-order valence-corrected chi connectivity index (χ0v) is 17.7. The molecular formula is C23H23N7O2. The molecule has 2 aromatic carbocycles. The Bertz CT molecular complexity index is 1390. The fourth-order valence-electron chi connectivity index (χ4n) is 4.35. The number of rotatable bonds is 5. The molecule has 9 heteroatoms. The van der Waals surface area contributed by atoms with Crippen LogP contribution in [0.5, 0.6) is 5.88 Å². The van der Waals surface area contributed by atoms with E-state index in [0.717, 1.165) is 66.2 Å². The van der Waals surface area contributed by atoms with Gasteiger partial charge in [-0.1, -0.05) is 12.1 Å². The highest BCUT2D eigenvalue weighted by Crippen LogP contribution is 2.33. The molecule has 0 unspecified atom stereocenters. The van der Waals surface area contributed by atoms with Crippen molar-refractivity contribution in [3.8, 4) is 28.5 Å². The first-order chi connectivity index (χ1) is 15.8. The molecule has 0 bridgehead atoms. The standard InChI is InChI=1S/C23H23N7O2/c1-31-23-21(27-29-28-23)15-3-4-17-19(11-15)25-26-22(17)20-12-16-10-14(2-5-18(16)24-20)13-30-6-8-32-9-7-30/h2-5,10-12,24H,6-9,13H2,1H3,(H,25,26)(H,27,28,29). The van der Waals surface area contributed by atoms with E-state index in [1.807, 2.05) is 18.2 Å². The van der Waals surface area contributed by atoms with Crippen LogP contribution < -0.4 is 4.74 Å². The molecular weight excluding hydrogens is 406 g/mol. The van der Waals surface area contributed by atoms with Gasteiger partial charge >= 0.3 is 0 Å². The van der Waals surface area contributed by atoms with E-state index in [9.17, 15) is 0 Å². The van der Waals surface area contributed by atoms with Gasteiger partial charge in [0.25, 0.3) is 5.88 Å². The first kappa shape index (κ1) is 19.0. The number of aromatic nitrogens is 6. The third kappa shape index (κ3) is 3.31. The molecule has 0 radical (unpaired) electrons. The van der Waals surface area contributed by atoms with Crippen molar-refractivity contribution in [2.24, 2.45) is 0 Å². The Balaban J connectivity index is 1.32. The van der Waals surface area contributed by atoms with Gasteiger partial charge in [-0.15, -0.1) is 5.10 Å². The van der Waals surface area contributed by atoms with E-state index in [-0.39, 0.29) is 0 Å². The average molecular weight is 429 g/mol. The SMILES string of the molecule is COc1n[nH]nc1-c1ccc2c(-c3cc4cc(CN5CCOCC5)ccc4[nH]3)n[nH]c2c1. The molecule has 6 rings (SSSR count). The van der Waals surface area contributed by atoms with Crippen molar-refractivity contribution in [3.63, 3.8) is 0 Å². The number of methoxy groups -OCH3 is 1. The lowest BCUT2D eigenvalue weighted by atomic mass is 10.1. The Labute approximate surface area is 183 Å². The number of H-pyrrole nitrogens is 3. The van der Waals surface area contributed by atoms with Gasteiger partial charge in [0, 0.05) is 41.5 Å². The lowest BCUT2D eigenvalue weighted by Crippen LogP contribution is -2.35. The van der Waals surface area contributed by atoms with Gasteiger partial charge in [-0.3, -0.25) is 10.00 Å². The van der Waals surface area contributed by atoms with Crippen molar-refractivity contribution in [1.29, 1.82) is 0 Å². The molecule has 1 aliphatic rings.